The molecule has 1 aliphatic rings. The van der Waals surface area contributed by atoms with Crippen molar-refractivity contribution in [3.8, 4) is 0 Å². The fourth-order valence-corrected chi connectivity index (χ4v) is 1.69. The maximum atomic E-state index is 13.3. The van der Waals surface area contributed by atoms with Gasteiger partial charge in [-0.15, -0.1) is 0 Å². The Morgan fingerprint density at radius 1 is 1.44 bits per heavy atom. The highest BCUT2D eigenvalue weighted by molar-refractivity contribution is 5.95. The summed E-state index contributed by atoms with van der Waals surface area (Å²) in [6, 6.07) is 3.53. The van der Waals surface area contributed by atoms with E-state index in [-0.39, 0.29) is 18.1 Å². The third-order valence-electron chi connectivity index (χ3n) is 2.68. The maximum absolute atomic E-state index is 13.3. The van der Waals surface area contributed by atoms with Gasteiger partial charge in [-0.05, 0) is 12.1 Å². The summed E-state index contributed by atoms with van der Waals surface area (Å²) in [4.78, 5) is 13.1. The van der Waals surface area contributed by atoms with Crippen molar-refractivity contribution >= 4 is 5.91 Å². The third-order valence-corrected chi connectivity index (χ3v) is 2.68. The Kier molecular flexibility index (Phi) is 2.87. The highest BCUT2D eigenvalue weighted by Gasteiger charge is 2.32. The number of hydrogen-bond donors (Lipinski definition) is 1. The molecule has 1 aromatic carbocycles. The molecule has 2 rings (SSSR count). The monoisotopic (exact) mass is 227 g/mol. The predicted octanol–water partition coefficient (Wildman–Crippen LogP) is 1.03. The van der Waals surface area contributed by atoms with Crippen LogP contribution in [0.3, 0.4) is 0 Å². The molecule has 0 aromatic heterocycles. The Balaban J connectivity index is 2.13. The van der Waals surface area contributed by atoms with Gasteiger partial charge in [-0.25, -0.2) is 8.78 Å². The quantitative estimate of drug-likeness (QED) is 0.819. The summed E-state index contributed by atoms with van der Waals surface area (Å²) in [6.45, 7) is 0.798. The van der Waals surface area contributed by atoms with Gasteiger partial charge in [-0.3, -0.25) is 4.79 Å². The first kappa shape index (κ1) is 11.0. The Bertz CT molecular complexity index is 416. The normalized spacial score (nSPS) is 16.1. The van der Waals surface area contributed by atoms with Gasteiger partial charge in [-0.1, -0.05) is 6.07 Å². The SMILES string of the molecule is O=C(c1cccc(F)c1F)N1CC(CO)C1. The second-order valence-electron chi connectivity index (χ2n) is 3.86. The van der Waals surface area contributed by atoms with E-state index >= 15 is 0 Å². The average Bonchev–Trinajstić information content (AvgIpc) is 2.20. The number of nitrogens with zero attached hydrogens (tertiary/aromatic N) is 1. The van der Waals surface area contributed by atoms with Crippen molar-refractivity contribution in [3.63, 3.8) is 0 Å². The third kappa shape index (κ3) is 1.78. The molecule has 0 atom stereocenters. The lowest BCUT2D eigenvalue weighted by atomic mass is 10.00. The molecule has 0 spiro atoms. The summed E-state index contributed by atoms with van der Waals surface area (Å²) in [5.41, 5.74) is -0.253. The second kappa shape index (κ2) is 4.17. The molecule has 1 N–H and O–H groups in total. The summed E-state index contributed by atoms with van der Waals surface area (Å²) >= 11 is 0. The molecular weight excluding hydrogens is 216 g/mol. The number of halogens is 2. The van der Waals surface area contributed by atoms with E-state index in [1.54, 1.807) is 0 Å². The predicted molar refractivity (Wildman–Crippen MR) is 52.8 cm³/mol. The molecule has 1 saturated heterocycles. The lowest BCUT2D eigenvalue weighted by Gasteiger charge is -2.38. The minimum atomic E-state index is -1.11. The zero-order valence-corrected chi connectivity index (χ0v) is 8.49. The van der Waals surface area contributed by atoms with Gasteiger partial charge in [0.15, 0.2) is 11.6 Å². The highest BCUT2D eigenvalue weighted by atomic mass is 19.2. The smallest absolute Gasteiger partial charge is 0.256 e. The molecule has 3 nitrogen and oxygen atoms in total. The first-order valence-corrected chi connectivity index (χ1v) is 4.97. The average molecular weight is 227 g/mol. The van der Waals surface area contributed by atoms with E-state index in [1.165, 1.54) is 17.0 Å². The molecule has 1 aliphatic heterocycles. The van der Waals surface area contributed by atoms with E-state index in [4.69, 9.17) is 5.11 Å². The number of likely N-dealkylation sites (tertiary alicyclic amines) is 1. The number of aliphatic hydroxyl groups is 1. The fourth-order valence-electron chi connectivity index (χ4n) is 1.69. The fraction of sp³-hybridized carbons (Fsp3) is 0.364. The number of carbonyl (C=O) groups excluding carboxylic acids is 1. The number of carbonyl (C=O) groups is 1. The van der Waals surface area contributed by atoms with Crippen LogP contribution in [-0.2, 0) is 0 Å². The van der Waals surface area contributed by atoms with E-state index in [9.17, 15) is 13.6 Å². The highest BCUT2D eigenvalue weighted by Crippen LogP contribution is 2.20. The summed E-state index contributed by atoms with van der Waals surface area (Å²) in [7, 11) is 0. The van der Waals surface area contributed by atoms with Crippen LogP contribution in [0.15, 0.2) is 18.2 Å². The zero-order chi connectivity index (χ0) is 11.7. The summed E-state index contributed by atoms with van der Waals surface area (Å²) in [5, 5.41) is 8.78. The Morgan fingerprint density at radius 3 is 2.75 bits per heavy atom. The van der Waals surface area contributed by atoms with Gasteiger partial charge in [0, 0.05) is 25.6 Å². The molecule has 16 heavy (non-hydrogen) atoms. The van der Waals surface area contributed by atoms with Crippen LogP contribution in [0.1, 0.15) is 10.4 Å². The second-order valence-corrected chi connectivity index (χ2v) is 3.86. The van der Waals surface area contributed by atoms with Crippen molar-refractivity contribution in [2.45, 2.75) is 0 Å². The number of rotatable bonds is 2. The van der Waals surface area contributed by atoms with Gasteiger partial charge in [0.1, 0.15) is 0 Å². The molecule has 1 fully saturated rings. The molecule has 0 bridgehead atoms. The first-order chi connectivity index (χ1) is 7.63. The largest absolute Gasteiger partial charge is 0.396 e. The van der Waals surface area contributed by atoms with Gasteiger partial charge in [-0.2, -0.15) is 0 Å². The Labute approximate surface area is 91.3 Å². The topological polar surface area (TPSA) is 40.5 Å². The molecule has 0 unspecified atom stereocenters. The number of benzene rings is 1. The van der Waals surface area contributed by atoms with Crippen molar-refractivity contribution in [2.75, 3.05) is 19.7 Å². The van der Waals surface area contributed by atoms with E-state index in [0.717, 1.165) is 6.07 Å². The van der Waals surface area contributed by atoms with Crippen LogP contribution in [0.4, 0.5) is 8.78 Å². The van der Waals surface area contributed by atoms with Crippen molar-refractivity contribution in [2.24, 2.45) is 5.92 Å². The van der Waals surface area contributed by atoms with Crippen molar-refractivity contribution in [3.05, 3.63) is 35.4 Å². The Hall–Kier alpha value is -1.49. The Morgan fingerprint density at radius 2 is 2.12 bits per heavy atom. The molecule has 0 aliphatic carbocycles. The van der Waals surface area contributed by atoms with Crippen LogP contribution in [0.25, 0.3) is 0 Å². The molecule has 1 amide bonds. The van der Waals surface area contributed by atoms with Crippen LogP contribution in [-0.4, -0.2) is 35.6 Å². The number of aliphatic hydroxyl groups excluding tert-OH is 1. The minimum Gasteiger partial charge on any atom is -0.396 e. The number of amides is 1. The van der Waals surface area contributed by atoms with Gasteiger partial charge in [0.25, 0.3) is 5.91 Å². The van der Waals surface area contributed by atoms with Crippen molar-refractivity contribution in [1.29, 1.82) is 0 Å². The molecule has 5 heteroatoms. The van der Waals surface area contributed by atoms with E-state index in [1.807, 2.05) is 0 Å². The summed E-state index contributed by atoms with van der Waals surface area (Å²) in [6.07, 6.45) is 0. The lowest BCUT2D eigenvalue weighted by Crippen LogP contribution is -2.51. The zero-order valence-electron chi connectivity index (χ0n) is 8.49. The van der Waals surface area contributed by atoms with Gasteiger partial charge in [0.2, 0.25) is 0 Å². The van der Waals surface area contributed by atoms with Crippen LogP contribution >= 0.6 is 0 Å². The first-order valence-electron chi connectivity index (χ1n) is 4.97. The molecule has 86 valence electrons. The van der Waals surface area contributed by atoms with Gasteiger partial charge in [0.05, 0.1) is 5.56 Å². The standard InChI is InChI=1S/C11H11F2NO2/c12-9-3-1-2-8(10(9)13)11(16)14-4-7(5-14)6-15/h1-3,7,15H,4-6H2. The van der Waals surface area contributed by atoms with Gasteiger partial charge >= 0.3 is 0 Å². The minimum absolute atomic E-state index is 0.00934. The lowest BCUT2D eigenvalue weighted by molar-refractivity contribution is 0.0357. The van der Waals surface area contributed by atoms with Gasteiger partial charge < -0.3 is 10.0 Å². The molecule has 0 saturated carbocycles. The maximum Gasteiger partial charge on any atom is 0.256 e. The molecule has 1 heterocycles. The molecular formula is C11H11F2NO2. The van der Waals surface area contributed by atoms with E-state index < -0.39 is 17.5 Å². The summed E-state index contributed by atoms with van der Waals surface area (Å²) in [5.74, 6) is -2.60. The molecule has 1 aromatic rings. The van der Waals surface area contributed by atoms with Crippen LogP contribution < -0.4 is 0 Å². The van der Waals surface area contributed by atoms with Crippen LogP contribution in [0.2, 0.25) is 0 Å². The number of hydrogen-bond acceptors (Lipinski definition) is 2. The van der Waals surface area contributed by atoms with Crippen molar-refractivity contribution in [1.82, 2.24) is 4.90 Å². The van der Waals surface area contributed by atoms with E-state index in [2.05, 4.69) is 0 Å². The van der Waals surface area contributed by atoms with Crippen molar-refractivity contribution < 1.29 is 18.7 Å². The molecule has 0 radical (unpaired) electrons. The van der Waals surface area contributed by atoms with E-state index in [0.29, 0.717) is 13.1 Å². The summed E-state index contributed by atoms with van der Waals surface area (Å²) < 4.78 is 26.2. The van der Waals surface area contributed by atoms with Crippen LogP contribution in [0, 0.1) is 17.6 Å². The van der Waals surface area contributed by atoms with Crippen LogP contribution in [0.5, 0.6) is 0 Å².